The van der Waals surface area contributed by atoms with Gasteiger partial charge in [-0.05, 0) is 57.9 Å². The Labute approximate surface area is 137 Å². The molecule has 0 radical (unpaired) electrons. The van der Waals surface area contributed by atoms with Crippen molar-refractivity contribution in [2.24, 2.45) is 0 Å². The topological polar surface area (TPSA) is 49.9 Å². The highest BCUT2D eigenvalue weighted by Crippen LogP contribution is 2.35. The molecule has 2 bridgehead atoms. The molecule has 5 nitrogen and oxygen atoms in total. The highest BCUT2D eigenvalue weighted by Gasteiger charge is 2.42. The van der Waals surface area contributed by atoms with Crippen molar-refractivity contribution < 1.29 is 14.3 Å². The second-order valence-corrected chi connectivity index (χ2v) is 7.39. The number of nitrogens with zero attached hydrogens (tertiary/aromatic N) is 2. The van der Waals surface area contributed by atoms with E-state index in [9.17, 15) is 9.59 Å². The van der Waals surface area contributed by atoms with Crippen LogP contribution in [0.15, 0.2) is 24.3 Å². The first-order valence-corrected chi connectivity index (χ1v) is 8.19. The largest absolute Gasteiger partial charge is 0.444 e. The summed E-state index contributed by atoms with van der Waals surface area (Å²) in [6, 6.07) is 8.34. The minimum Gasteiger partial charge on any atom is -0.444 e. The Hall–Kier alpha value is -2.04. The molecule has 0 aliphatic carbocycles. The number of benzene rings is 1. The Balaban J connectivity index is 1.71. The monoisotopic (exact) mass is 316 g/mol. The first-order chi connectivity index (χ1) is 10.9. The standard InChI is InChI=1S/C18H24N2O3/c1-18(2,3)23-17(22)19-10-15-8-9-16(11-19)20(15)14-6-4-13(12-21)5-7-14/h4-7,12,15-16H,8-11H2,1-3H3. The number of piperazine rings is 1. The van der Waals surface area contributed by atoms with E-state index in [0.717, 1.165) is 24.8 Å². The number of hydrogen-bond donors (Lipinski definition) is 0. The third-order valence-electron chi connectivity index (χ3n) is 4.46. The Kier molecular flexibility index (Phi) is 4.04. The van der Waals surface area contributed by atoms with Gasteiger partial charge >= 0.3 is 6.09 Å². The number of carbonyl (C=O) groups is 2. The van der Waals surface area contributed by atoms with E-state index in [2.05, 4.69) is 4.90 Å². The lowest BCUT2D eigenvalue weighted by atomic mass is 10.1. The van der Waals surface area contributed by atoms with Crippen molar-refractivity contribution in [2.45, 2.75) is 51.3 Å². The van der Waals surface area contributed by atoms with E-state index in [4.69, 9.17) is 4.74 Å². The van der Waals surface area contributed by atoms with E-state index in [0.29, 0.717) is 30.7 Å². The van der Waals surface area contributed by atoms with E-state index in [1.54, 1.807) is 0 Å². The molecule has 3 rings (SSSR count). The van der Waals surface area contributed by atoms with Gasteiger partial charge in [-0.2, -0.15) is 0 Å². The molecule has 2 aliphatic rings. The lowest BCUT2D eigenvalue weighted by molar-refractivity contribution is 0.0209. The van der Waals surface area contributed by atoms with Crippen molar-refractivity contribution in [2.75, 3.05) is 18.0 Å². The number of aldehydes is 1. The first-order valence-electron chi connectivity index (χ1n) is 8.19. The van der Waals surface area contributed by atoms with Gasteiger partial charge in [-0.3, -0.25) is 4.79 Å². The molecule has 1 aromatic rings. The molecular formula is C18H24N2O3. The minimum atomic E-state index is -0.460. The summed E-state index contributed by atoms with van der Waals surface area (Å²) < 4.78 is 5.50. The van der Waals surface area contributed by atoms with Gasteiger partial charge in [-0.15, -0.1) is 0 Å². The van der Waals surface area contributed by atoms with Crippen LogP contribution in [0.4, 0.5) is 10.5 Å². The van der Waals surface area contributed by atoms with E-state index in [1.165, 1.54) is 0 Å². The molecule has 2 fully saturated rings. The third kappa shape index (κ3) is 3.33. The quantitative estimate of drug-likeness (QED) is 0.787. The van der Waals surface area contributed by atoms with Crippen molar-refractivity contribution >= 4 is 18.1 Å². The normalized spacial score (nSPS) is 23.8. The third-order valence-corrected chi connectivity index (χ3v) is 4.46. The number of fused-ring (bicyclic) bond motifs is 2. The highest BCUT2D eigenvalue weighted by atomic mass is 16.6. The van der Waals surface area contributed by atoms with Crippen LogP contribution >= 0.6 is 0 Å². The molecule has 5 heteroatoms. The SMILES string of the molecule is CC(C)(C)OC(=O)N1CC2CCC(C1)N2c1ccc(C=O)cc1. The number of amides is 1. The molecule has 1 aromatic carbocycles. The maximum atomic E-state index is 12.3. The molecule has 0 N–H and O–H groups in total. The molecule has 2 saturated heterocycles. The molecule has 2 atom stereocenters. The lowest BCUT2D eigenvalue weighted by Gasteiger charge is -2.42. The van der Waals surface area contributed by atoms with Crippen molar-refractivity contribution in [3.8, 4) is 0 Å². The van der Waals surface area contributed by atoms with Crippen LogP contribution in [0.5, 0.6) is 0 Å². The number of hydrogen-bond acceptors (Lipinski definition) is 4. The summed E-state index contributed by atoms with van der Waals surface area (Å²) in [5.41, 5.74) is 1.36. The van der Waals surface area contributed by atoms with Crippen molar-refractivity contribution in [1.29, 1.82) is 0 Å². The summed E-state index contributed by atoms with van der Waals surface area (Å²) in [5, 5.41) is 0. The zero-order chi connectivity index (χ0) is 16.6. The van der Waals surface area contributed by atoms with Gasteiger partial charge in [0.1, 0.15) is 11.9 Å². The summed E-state index contributed by atoms with van der Waals surface area (Å²) in [5.74, 6) is 0. The van der Waals surface area contributed by atoms with Gasteiger partial charge in [0.05, 0.1) is 0 Å². The van der Waals surface area contributed by atoms with E-state index in [1.807, 2.05) is 49.9 Å². The fraction of sp³-hybridized carbons (Fsp3) is 0.556. The van der Waals surface area contributed by atoms with Gasteiger partial charge in [-0.25, -0.2) is 4.79 Å². The van der Waals surface area contributed by atoms with Gasteiger partial charge in [0.2, 0.25) is 0 Å². The predicted octanol–water partition coefficient (Wildman–Crippen LogP) is 3.09. The Morgan fingerprint density at radius 1 is 1.13 bits per heavy atom. The van der Waals surface area contributed by atoms with Gasteiger partial charge in [-0.1, -0.05) is 0 Å². The molecule has 0 saturated carbocycles. The summed E-state index contributed by atoms with van der Waals surface area (Å²) >= 11 is 0. The highest BCUT2D eigenvalue weighted by molar-refractivity contribution is 5.76. The summed E-state index contributed by atoms with van der Waals surface area (Å²) in [6.07, 6.45) is 2.81. The summed E-state index contributed by atoms with van der Waals surface area (Å²) in [7, 11) is 0. The van der Waals surface area contributed by atoms with E-state index < -0.39 is 5.60 Å². The van der Waals surface area contributed by atoms with Crippen LogP contribution in [-0.2, 0) is 4.74 Å². The number of likely N-dealkylation sites (tertiary alicyclic amines) is 1. The molecule has 23 heavy (non-hydrogen) atoms. The molecule has 0 aromatic heterocycles. The Morgan fingerprint density at radius 2 is 1.70 bits per heavy atom. The van der Waals surface area contributed by atoms with Crippen LogP contribution in [0.2, 0.25) is 0 Å². The molecule has 124 valence electrons. The van der Waals surface area contributed by atoms with Crippen LogP contribution < -0.4 is 4.90 Å². The number of anilines is 1. The zero-order valence-corrected chi connectivity index (χ0v) is 14.0. The van der Waals surface area contributed by atoms with E-state index >= 15 is 0 Å². The van der Waals surface area contributed by atoms with Crippen molar-refractivity contribution in [3.63, 3.8) is 0 Å². The smallest absolute Gasteiger partial charge is 0.410 e. The van der Waals surface area contributed by atoms with Crippen LogP contribution in [0.1, 0.15) is 44.0 Å². The minimum absolute atomic E-state index is 0.217. The summed E-state index contributed by atoms with van der Waals surface area (Å²) in [6.45, 7) is 7.07. The number of rotatable bonds is 2. The van der Waals surface area contributed by atoms with Crippen molar-refractivity contribution in [1.82, 2.24) is 4.90 Å². The molecule has 2 aliphatic heterocycles. The lowest BCUT2D eigenvalue weighted by Crippen LogP contribution is -2.56. The van der Waals surface area contributed by atoms with E-state index in [-0.39, 0.29) is 6.09 Å². The maximum Gasteiger partial charge on any atom is 0.410 e. The molecular weight excluding hydrogens is 292 g/mol. The number of ether oxygens (including phenoxy) is 1. The van der Waals surface area contributed by atoms with Gasteiger partial charge in [0.15, 0.2) is 0 Å². The van der Waals surface area contributed by atoms with Crippen LogP contribution in [0, 0.1) is 0 Å². The molecule has 0 spiro atoms. The summed E-state index contributed by atoms with van der Waals surface area (Å²) in [4.78, 5) is 27.3. The van der Waals surface area contributed by atoms with Crippen LogP contribution in [0.3, 0.4) is 0 Å². The van der Waals surface area contributed by atoms with Gasteiger partial charge < -0.3 is 14.5 Å². The second-order valence-electron chi connectivity index (χ2n) is 7.39. The van der Waals surface area contributed by atoms with Crippen molar-refractivity contribution in [3.05, 3.63) is 29.8 Å². The second kappa shape index (κ2) is 5.87. The Morgan fingerprint density at radius 3 is 2.17 bits per heavy atom. The fourth-order valence-electron chi connectivity index (χ4n) is 3.53. The zero-order valence-electron chi connectivity index (χ0n) is 14.0. The first kappa shape index (κ1) is 15.8. The van der Waals surface area contributed by atoms with Crippen LogP contribution in [-0.4, -0.2) is 48.1 Å². The number of carbonyl (C=O) groups excluding carboxylic acids is 2. The predicted molar refractivity (Wildman–Crippen MR) is 88.9 cm³/mol. The molecule has 1 amide bonds. The average molecular weight is 316 g/mol. The van der Waals surface area contributed by atoms with Gasteiger partial charge in [0.25, 0.3) is 0 Å². The van der Waals surface area contributed by atoms with Gasteiger partial charge in [0, 0.05) is 36.4 Å². The van der Waals surface area contributed by atoms with Crippen LogP contribution in [0.25, 0.3) is 0 Å². The Bertz CT molecular complexity index is 577. The average Bonchev–Trinajstić information content (AvgIpc) is 2.75. The fourth-order valence-corrected chi connectivity index (χ4v) is 3.53. The maximum absolute atomic E-state index is 12.3. The molecule has 2 unspecified atom stereocenters. The molecule has 2 heterocycles.